The van der Waals surface area contributed by atoms with Crippen LogP contribution in [-0.4, -0.2) is 18.2 Å². The standard InChI is InChI=1S/C9H16N2O2/c1-5-6-7-10-11-8(12)13-9(2,3)4/h1,10H,6-7H2,2-4H3,(H,11,12). The van der Waals surface area contributed by atoms with Crippen LogP contribution in [0.4, 0.5) is 4.79 Å². The molecule has 0 radical (unpaired) electrons. The third kappa shape index (κ3) is 8.70. The van der Waals surface area contributed by atoms with Crippen molar-refractivity contribution in [2.45, 2.75) is 32.8 Å². The number of hydrazine groups is 1. The molecule has 1 amide bonds. The lowest BCUT2D eigenvalue weighted by Crippen LogP contribution is -2.41. The maximum atomic E-state index is 11.0. The van der Waals surface area contributed by atoms with E-state index in [-0.39, 0.29) is 0 Å². The van der Waals surface area contributed by atoms with Crippen molar-refractivity contribution in [2.24, 2.45) is 0 Å². The normalized spacial score (nSPS) is 10.3. The first-order chi connectivity index (χ1) is 5.95. The van der Waals surface area contributed by atoms with Crippen LogP contribution in [0.3, 0.4) is 0 Å². The Labute approximate surface area is 79.0 Å². The fourth-order valence-electron chi connectivity index (χ4n) is 0.573. The zero-order valence-electron chi connectivity index (χ0n) is 8.31. The number of nitrogens with one attached hydrogen (secondary N) is 2. The lowest BCUT2D eigenvalue weighted by Gasteiger charge is -2.19. The summed E-state index contributed by atoms with van der Waals surface area (Å²) in [5, 5.41) is 0. The molecule has 0 saturated carbocycles. The van der Waals surface area contributed by atoms with Crippen LogP contribution in [0, 0.1) is 12.3 Å². The van der Waals surface area contributed by atoms with Crippen LogP contribution in [0.2, 0.25) is 0 Å². The molecule has 0 rings (SSSR count). The van der Waals surface area contributed by atoms with Gasteiger partial charge in [0.1, 0.15) is 5.60 Å². The van der Waals surface area contributed by atoms with Gasteiger partial charge in [0.2, 0.25) is 0 Å². The number of hydrogen-bond donors (Lipinski definition) is 2. The first-order valence-corrected chi connectivity index (χ1v) is 4.11. The number of hydrogen-bond acceptors (Lipinski definition) is 3. The van der Waals surface area contributed by atoms with Gasteiger partial charge in [-0.05, 0) is 20.8 Å². The molecule has 4 nitrogen and oxygen atoms in total. The number of terminal acetylenes is 1. The van der Waals surface area contributed by atoms with E-state index >= 15 is 0 Å². The van der Waals surface area contributed by atoms with Crippen molar-refractivity contribution in [3.63, 3.8) is 0 Å². The van der Waals surface area contributed by atoms with Gasteiger partial charge in [0.05, 0.1) is 0 Å². The van der Waals surface area contributed by atoms with E-state index in [1.54, 1.807) is 20.8 Å². The number of ether oxygens (including phenoxy) is 1. The molecule has 4 heteroatoms. The Bertz CT molecular complexity index is 201. The second kappa shape index (κ2) is 5.44. The number of rotatable bonds is 3. The van der Waals surface area contributed by atoms with Crippen molar-refractivity contribution in [1.29, 1.82) is 0 Å². The molecule has 0 spiro atoms. The second-order valence-corrected chi connectivity index (χ2v) is 3.51. The first kappa shape index (κ1) is 11.8. The van der Waals surface area contributed by atoms with Crippen LogP contribution in [0.1, 0.15) is 27.2 Å². The van der Waals surface area contributed by atoms with Crippen LogP contribution in [0.15, 0.2) is 0 Å². The minimum Gasteiger partial charge on any atom is -0.443 e. The summed E-state index contributed by atoms with van der Waals surface area (Å²) in [4.78, 5) is 11.0. The number of carbonyl (C=O) groups is 1. The summed E-state index contributed by atoms with van der Waals surface area (Å²) >= 11 is 0. The minimum atomic E-state index is -0.496. The van der Waals surface area contributed by atoms with Gasteiger partial charge in [-0.1, -0.05) is 0 Å². The van der Waals surface area contributed by atoms with Gasteiger partial charge in [-0.15, -0.1) is 12.3 Å². The molecule has 0 aromatic carbocycles. The van der Waals surface area contributed by atoms with Gasteiger partial charge in [0, 0.05) is 13.0 Å². The van der Waals surface area contributed by atoms with Gasteiger partial charge in [-0.2, -0.15) is 0 Å². The highest BCUT2D eigenvalue weighted by molar-refractivity contribution is 5.66. The van der Waals surface area contributed by atoms with E-state index in [2.05, 4.69) is 16.8 Å². The van der Waals surface area contributed by atoms with Crippen LogP contribution in [0.25, 0.3) is 0 Å². The van der Waals surface area contributed by atoms with E-state index in [0.717, 1.165) is 0 Å². The van der Waals surface area contributed by atoms with Crippen molar-refractivity contribution < 1.29 is 9.53 Å². The average molecular weight is 184 g/mol. The van der Waals surface area contributed by atoms with Crippen molar-refractivity contribution in [3.05, 3.63) is 0 Å². The fraction of sp³-hybridized carbons (Fsp3) is 0.667. The summed E-state index contributed by atoms with van der Waals surface area (Å²) in [7, 11) is 0. The molecule has 13 heavy (non-hydrogen) atoms. The zero-order valence-corrected chi connectivity index (χ0v) is 8.31. The fourth-order valence-corrected chi connectivity index (χ4v) is 0.573. The summed E-state index contributed by atoms with van der Waals surface area (Å²) in [6.07, 6.45) is 5.08. The van der Waals surface area contributed by atoms with E-state index in [1.807, 2.05) is 0 Å². The smallest absolute Gasteiger partial charge is 0.422 e. The Balaban J connectivity index is 3.48. The predicted octanol–water partition coefficient (Wildman–Crippen LogP) is 1.04. The molecule has 2 N–H and O–H groups in total. The molecule has 0 fully saturated rings. The van der Waals surface area contributed by atoms with E-state index in [0.29, 0.717) is 13.0 Å². The average Bonchev–Trinajstić information content (AvgIpc) is 1.94. The monoisotopic (exact) mass is 184 g/mol. The van der Waals surface area contributed by atoms with Gasteiger partial charge >= 0.3 is 6.09 Å². The molecule has 74 valence electrons. The summed E-state index contributed by atoms with van der Waals surface area (Å²) < 4.78 is 4.95. The summed E-state index contributed by atoms with van der Waals surface area (Å²) in [6, 6.07) is 0. The SMILES string of the molecule is C#CCCNNC(=O)OC(C)(C)C. The molecule has 0 aromatic heterocycles. The molecular formula is C9H16N2O2. The summed E-state index contributed by atoms with van der Waals surface area (Å²) in [5.41, 5.74) is 4.53. The molecule has 0 aliphatic heterocycles. The van der Waals surface area contributed by atoms with Crippen LogP contribution in [0.5, 0.6) is 0 Å². The maximum Gasteiger partial charge on any atom is 0.422 e. The maximum absolute atomic E-state index is 11.0. The molecule has 0 aliphatic carbocycles. The highest BCUT2D eigenvalue weighted by Crippen LogP contribution is 2.05. The van der Waals surface area contributed by atoms with Crippen molar-refractivity contribution >= 4 is 6.09 Å². The Hall–Kier alpha value is -1.21. The summed E-state index contributed by atoms with van der Waals surface area (Å²) in [6.45, 7) is 5.94. The van der Waals surface area contributed by atoms with E-state index in [9.17, 15) is 4.79 Å². The van der Waals surface area contributed by atoms with Gasteiger partial charge in [0.15, 0.2) is 0 Å². The molecule has 0 unspecified atom stereocenters. The molecule has 0 heterocycles. The molecular weight excluding hydrogens is 168 g/mol. The quantitative estimate of drug-likeness (QED) is 0.391. The highest BCUT2D eigenvalue weighted by Gasteiger charge is 2.15. The predicted molar refractivity (Wildman–Crippen MR) is 50.8 cm³/mol. The van der Waals surface area contributed by atoms with Gasteiger partial charge < -0.3 is 4.74 Å². The topological polar surface area (TPSA) is 50.4 Å². The van der Waals surface area contributed by atoms with Gasteiger partial charge in [-0.25, -0.2) is 10.2 Å². The lowest BCUT2D eigenvalue weighted by molar-refractivity contribution is 0.0499. The second-order valence-electron chi connectivity index (χ2n) is 3.51. The van der Waals surface area contributed by atoms with Gasteiger partial charge in [-0.3, -0.25) is 5.43 Å². The third-order valence-corrected chi connectivity index (χ3v) is 0.984. The van der Waals surface area contributed by atoms with Crippen molar-refractivity contribution in [1.82, 2.24) is 10.9 Å². The molecule has 0 bridgehead atoms. The largest absolute Gasteiger partial charge is 0.443 e. The van der Waals surface area contributed by atoms with Gasteiger partial charge in [0.25, 0.3) is 0 Å². The van der Waals surface area contributed by atoms with Crippen LogP contribution in [-0.2, 0) is 4.74 Å². The van der Waals surface area contributed by atoms with E-state index in [1.165, 1.54) is 0 Å². The molecule has 0 atom stereocenters. The summed E-state index contributed by atoms with van der Waals surface area (Å²) in [5.74, 6) is 2.44. The minimum absolute atomic E-state index is 0.474. The molecule has 0 saturated heterocycles. The van der Waals surface area contributed by atoms with Crippen LogP contribution < -0.4 is 10.9 Å². The number of amides is 1. The Morgan fingerprint density at radius 2 is 2.15 bits per heavy atom. The first-order valence-electron chi connectivity index (χ1n) is 4.11. The van der Waals surface area contributed by atoms with Crippen molar-refractivity contribution in [3.8, 4) is 12.3 Å². The number of carbonyl (C=O) groups excluding carboxylic acids is 1. The zero-order chi connectivity index (χ0) is 10.3. The highest BCUT2D eigenvalue weighted by atomic mass is 16.6. The third-order valence-electron chi connectivity index (χ3n) is 0.984. The van der Waals surface area contributed by atoms with E-state index in [4.69, 9.17) is 11.2 Å². The van der Waals surface area contributed by atoms with E-state index < -0.39 is 11.7 Å². The Morgan fingerprint density at radius 1 is 1.54 bits per heavy atom. The Morgan fingerprint density at radius 3 is 2.62 bits per heavy atom. The Kier molecular flexibility index (Phi) is 4.93. The lowest BCUT2D eigenvalue weighted by atomic mass is 10.2. The molecule has 0 aromatic rings. The van der Waals surface area contributed by atoms with Crippen molar-refractivity contribution in [2.75, 3.05) is 6.54 Å². The molecule has 0 aliphatic rings. The van der Waals surface area contributed by atoms with Crippen LogP contribution >= 0.6 is 0 Å².